The Morgan fingerprint density at radius 1 is 0.938 bits per heavy atom. The van der Waals surface area contributed by atoms with Crippen molar-refractivity contribution in [3.05, 3.63) is 0 Å². The molecule has 0 saturated carbocycles. The second-order valence-electron chi connectivity index (χ2n) is 1.92. The summed E-state index contributed by atoms with van der Waals surface area (Å²) in [5.41, 5.74) is 6.38. The Kier molecular flexibility index (Phi) is 34.7. The van der Waals surface area contributed by atoms with Crippen LogP contribution in [-0.4, -0.2) is 45.1 Å². The second kappa shape index (κ2) is 23.3. The maximum atomic E-state index is 9.00. The van der Waals surface area contributed by atoms with E-state index in [1.54, 1.807) is 5.48 Å². The number of nitrogens with two attached hydrogens (primary N) is 1. The molecule has 7 N–H and O–H groups in total. The average Bonchev–Trinajstić information content (AvgIpc) is 2.00. The number of carboxylic acids is 3. The third-order valence-electron chi connectivity index (χ3n) is 0.0913. The first-order valence-corrected chi connectivity index (χ1v) is 3.77. The first kappa shape index (κ1) is 23.8. The van der Waals surface area contributed by atoms with E-state index in [4.69, 9.17) is 34.9 Å². The topological polar surface area (TPSA) is 170 Å². The summed E-state index contributed by atoms with van der Waals surface area (Å²) in [6.07, 6.45) is 0. The first-order chi connectivity index (χ1) is 7.11. The lowest BCUT2D eigenvalue weighted by molar-refractivity contribution is -0.135. The molecule has 9 heteroatoms. The van der Waals surface area contributed by atoms with Gasteiger partial charge < -0.3 is 26.3 Å². The molecule has 0 rings (SSSR count). The average molecular weight is 242 g/mol. The maximum absolute atomic E-state index is 9.00. The van der Waals surface area contributed by atoms with E-state index in [1.807, 2.05) is 0 Å². The molecule has 0 saturated heterocycles. The van der Waals surface area contributed by atoms with Crippen LogP contribution in [-0.2, 0) is 14.4 Å². The fourth-order valence-electron chi connectivity index (χ4n) is 0. The lowest BCUT2D eigenvalue weighted by Gasteiger charge is -1.76. The van der Waals surface area contributed by atoms with Gasteiger partial charge in [0.1, 0.15) is 0 Å². The summed E-state index contributed by atoms with van der Waals surface area (Å²) < 4.78 is 0. The van der Waals surface area contributed by atoms with Gasteiger partial charge in [0, 0.05) is 20.8 Å². The molecular formula is C7H18N2O7. The van der Waals surface area contributed by atoms with Gasteiger partial charge in [-0.1, -0.05) is 0 Å². The maximum Gasteiger partial charge on any atom is 0.300 e. The third kappa shape index (κ3) is 3110. The van der Waals surface area contributed by atoms with Crippen LogP contribution in [0.1, 0.15) is 20.8 Å². The van der Waals surface area contributed by atoms with Crippen LogP contribution in [0.5, 0.6) is 0 Å². The minimum absolute atomic E-state index is 0.125. The lowest BCUT2D eigenvalue weighted by Crippen LogP contribution is -2.16. The van der Waals surface area contributed by atoms with Crippen LogP contribution >= 0.6 is 0 Å². The van der Waals surface area contributed by atoms with Gasteiger partial charge in [-0.25, -0.2) is 0 Å². The van der Waals surface area contributed by atoms with Crippen molar-refractivity contribution < 1.29 is 34.9 Å². The van der Waals surface area contributed by atoms with Crippen molar-refractivity contribution in [1.29, 1.82) is 0 Å². The fourth-order valence-corrected chi connectivity index (χ4v) is 0. The van der Waals surface area contributed by atoms with Gasteiger partial charge in [-0.05, 0) is 0 Å². The van der Waals surface area contributed by atoms with Crippen molar-refractivity contribution in [3.8, 4) is 0 Å². The molecule has 16 heavy (non-hydrogen) atoms. The summed E-state index contributed by atoms with van der Waals surface area (Å²) in [5, 5.41) is 29.8. The van der Waals surface area contributed by atoms with Gasteiger partial charge in [-0.15, -0.1) is 0 Å². The molecule has 0 radical (unpaired) electrons. The summed E-state index contributed by atoms with van der Waals surface area (Å²) in [7, 11) is 0. The molecule has 0 aliphatic carbocycles. The van der Waals surface area contributed by atoms with Crippen LogP contribution in [0.4, 0.5) is 0 Å². The number of nitrogens with one attached hydrogen (secondary N) is 1. The highest BCUT2D eigenvalue weighted by Gasteiger charge is 1.66. The van der Waals surface area contributed by atoms with Crippen LogP contribution < -0.4 is 11.2 Å². The number of hydroxylamine groups is 1. The van der Waals surface area contributed by atoms with E-state index >= 15 is 0 Å². The van der Waals surface area contributed by atoms with E-state index in [2.05, 4.69) is 5.73 Å². The summed E-state index contributed by atoms with van der Waals surface area (Å²) >= 11 is 0. The van der Waals surface area contributed by atoms with Crippen molar-refractivity contribution in [2.45, 2.75) is 20.8 Å². The number of hydrogen-bond acceptors (Lipinski definition) is 6. The van der Waals surface area contributed by atoms with E-state index in [0.29, 0.717) is 0 Å². The van der Waals surface area contributed by atoms with Gasteiger partial charge in [0.05, 0.1) is 6.67 Å². The molecule has 98 valence electrons. The Morgan fingerprint density at radius 3 is 1.00 bits per heavy atom. The molecule has 9 nitrogen and oxygen atoms in total. The number of rotatable bonds is 1. The Labute approximate surface area is 92.5 Å². The summed E-state index contributed by atoms with van der Waals surface area (Å²) in [6.45, 7) is 3.38. The van der Waals surface area contributed by atoms with E-state index in [9.17, 15) is 0 Å². The number of carbonyl (C=O) groups is 3. The summed E-state index contributed by atoms with van der Waals surface area (Å²) in [5.74, 6) is -2.50. The Bertz CT molecular complexity index is 141. The second-order valence-corrected chi connectivity index (χ2v) is 1.92. The van der Waals surface area contributed by atoms with Crippen LogP contribution in [0.3, 0.4) is 0 Å². The van der Waals surface area contributed by atoms with E-state index in [0.717, 1.165) is 20.8 Å². The molecule has 0 atom stereocenters. The monoisotopic (exact) mass is 242 g/mol. The highest BCUT2D eigenvalue weighted by Crippen LogP contribution is 1.42. The summed E-state index contributed by atoms with van der Waals surface area (Å²) in [4.78, 5) is 27.0. The molecule has 0 aliphatic rings. The molecule has 0 heterocycles. The molecule has 0 spiro atoms. The van der Waals surface area contributed by atoms with Crippen molar-refractivity contribution >= 4 is 17.9 Å². The van der Waals surface area contributed by atoms with Crippen molar-refractivity contribution in [3.63, 3.8) is 0 Å². The highest BCUT2D eigenvalue weighted by molar-refractivity contribution is 5.63. The van der Waals surface area contributed by atoms with Gasteiger partial charge in [0.15, 0.2) is 0 Å². The molecule has 0 unspecified atom stereocenters. The minimum atomic E-state index is -0.833. The largest absolute Gasteiger partial charge is 0.481 e. The van der Waals surface area contributed by atoms with Crippen LogP contribution in [0.2, 0.25) is 0 Å². The number of aliphatic carboxylic acids is 3. The lowest BCUT2D eigenvalue weighted by atomic mass is 10.9. The van der Waals surface area contributed by atoms with Crippen LogP contribution in [0, 0.1) is 0 Å². The Balaban J connectivity index is -0.0000000600. The standard InChI is InChI=1S/3C2H4O2.CH6N2O/c3*1-2(3)4;2-1-3-4/h3*1H3,(H,3,4);3-4H,1-2H2. The van der Waals surface area contributed by atoms with Gasteiger partial charge in [-0.3, -0.25) is 14.4 Å². The van der Waals surface area contributed by atoms with Gasteiger partial charge in [0.25, 0.3) is 17.9 Å². The van der Waals surface area contributed by atoms with Crippen molar-refractivity contribution in [2.24, 2.45) is 5.73 Å². The predicted molar refractivity (Wildman–Crippen MR) is 53.9 cm³/mol. The fraction of sp³-hybridized carbons (Fsp3) is 0.571. The first-order valence-electron chi connectivity index (χ1n) is 3.77. The molecular weight excluding hydrogens is 224 g/mol. The number of carboxylic acid groups (broad SMARTS) is 3. The quantitative estimate of drug-likeness (QED) is 0.253. The van der Waals surface area contributed by atoms with Crippen molar-refractivity contribution in [2.75, 3.05) is 6.67 Å². The van der Waals surface area contributed by atoms with Crippen molar-refractivity contribution in [1.82, 2.24) is 5.48 Å². The molecule has 0 amide bonds. The Hall–Kier alpha value is -1.71. The zero-order chi connectivity index (χ0) is 14.1. The van der Waals surface area contributed by atoms with Crippen LogP contribution in [0.25, 0.3) is 0 Å². The van der Waals surface area contributed by atoms with Gasteiger partial charge in [-0.2, -0.15) is 5.48 Å². The highest BCUT2D eigenvalue weighted by atomic mass is 16.5. The molecule has 0 fully saturated rings. The van der Waals surface area contributed by atoms with Gasteiger partial charge >= 0.3 is 0 Å². The third-order valence-corrected chi connectivity index (χ3v) is 0.0913. The van der Waals surface area contributed by atoms with E-state index in [1.165, 1.54) is 0 Å². The molecule has 0 aromatic rings. The normalized spacial score (nSPS) is 6.56. The number of hydrogen-bond donors (Lipinski definition) is 6. The van der Waals surface area contributed by atoms with Gasteiger partial charge in [0.2, 0.25) is 0 Å². The molecule has 0 bridgehead atoms. The van der Waals surface area contributed by atoms with E-state index < -0.39 is 17.9 Å². The smallest absolute Gasteiger partial charge is 0.300 e. The van der Waals surface area contributed by atoms with E-state index in [-0.39, 0.29) is 6.67 Å². The zero-order valence-electron chi connectivity index (χ0n) is 9.30. The molecule has 0 aromatic heterocycles. The molecule has 0 aliphatic heterocycles. The summed E-state index contributed by atoms with van der Waals surface area (Å²) in [6, 6.07) is 0. The Morgan fingerprint density at radius 2 is 1.00 bits per heavy atom. The zero-order valence-corrected chi connectivity index (χ0v) is 9.30. The minimum Gasteiger partial charge on any atom is -0.481 e. The van der Waals surface area contributed by atoms with Crippen LogP contribution in [0.15, 0.2) is 0 Å². The predicted octanol–water partition coefficient (Wildman–Crippen LogP) is -0.846. The SMILES string of the molecule is CC(=O)O.CC(=O)O.CC(=O)O.NCNO. The molecule has 0 aromatic carbocycles.